The van der Waals surface area contributed by atoms with Gasteiger partial charge >= 0.3 is 6.03 Å². The molecule has 228 valence electrons. The fourth-order valence-corrected chi connectivity index (χ4v) is 5.62. The zero-order valence-corrected chi connectivity index (χ0v) is 25.6. The van der Waals surface area contributed by atoms with Crippen LogP contribution >= 0.6 is 11.3 Å². The minimum Gasteiger partial charge on any atom is -0.485 e. The molecule has 0 fully saturated rings. The largest absolute Gasteiger partial charge is 0.485 e. The monoisotopic (exact) mass is 613 g/mol. The molecule has 44 heavy (non-hydrogen) atoms. The number of ether oxygens (including phenoxy) is 1. The summed E-state index contributed by atoms with van der Waals surface area (Å²) in [5.41, 5.74) is 2.59. The minimum absolute atomic E-state index is 0.204. The number of thiazole rings is 1. The molecule has 4 amide bonds. The summed E-state index contributed by atoms with van der Waals surface area (Å²) in [4.78, 5) is 47.6. The summed E-state index contributed by atoms with van der Waals surface area (Å²) in [5, 5.41) is 18.5. The van der Waals surface area contributed by atoms with Crippen molar-refractivity contribution in [2.75, 3.05) is 37.4 Å². The Bertz CT molecular complexity index is 1600. The van der Waals surface area contributed by atoms with E-state index in [0.717, 1.165) is 10.6 Å². The maximum Gasteiger partial charge on any atom is 0.321 e. The van der Waals surface area contributed by atoms with E-state index in [-0.39, 0.29) is 48.2 Å². The molecule has 11 heteroatoms. The van der Waals surface area contributed by atoms with Crippen LogP contribution in [0.5, 0.6) is 5.75 Å². The second-order valence-corrected chi connectivity index (χ2v) is 11.7. The topological polar surface area (TPSA) is 124 Å². The molecule has 4 aromatic rings. The molecule has 0 unspecified atom stereocenters. The fourth-order valence-electron chi connectivity index (χ4n) is 4.98. The Morgan fingerprint density at radius 3 is 2.52 bits per heavy atom. The van der Waals surface area contributed by atoms with Crippen LogP contribution in [0, 0.1) is 5.92 Å². The van der Waals surface area contributed by atoms with Gasteiger partial charge in [-0.05, 0) is 43.3 Å². The molecule has 5 rings (SSSR count). The highest BCUT2D eigenvalue weighted by Gasteiger charge is 2.35. The number of amides is 4. The van der Waals surface area contributed by atoms with Crippen LogP contribution in [0.4, 0.5) is 16.2 Å². The van der Waals surface area contributed by atoms with Crippen LogP contribution < -0.4 is 15.4 Å². The maximum absolute atomic E-state index is 13.8. The van der Waals surface area contributed by atoms with Gasteiger partial charge in [-0.2, -0.15) is 0 Å². The van der Waals surface area contributed by atoms with Gasteiger partial charge in [-0.25, -0.2) is 9.78 Å². The van der Waals surface area contributed by atoms with Gasteiger partial charge in [-0.1, -0.05) is 43.3 Å². The molecule has 3 atom stereocenters. The highest BCUT2D eigenvalue weighted by atomic mass is 32.1. The van der Waals surface area contributed by atoms with E-state index >= 15 is 0 Å². The van der Waals surface area contributed by atoms with Gasteiger partial charge in [0.1, 0.15) is 11.1 Å². The van der Waals surface area contributed by atoms with Crippen LogP contribution in [-0.4, -0.2) is 76.6 Å². The average molecular weight is 614 g/mol. The quantitative estimate of drug-likeness (QED) is 0.243. The third-order valence-electron chi connectivity index (χ3n) is 7.59. The van der Waals surface area contributed by atoms with Crippen molar-refractivity contribution < 1.29 is 24.2 Å². The normalized spacial score (nSPS) is 17.0. The first-order chi connectivity index (χ1) is 21.2. The van der Waals surface area contributed by atoms with Crippen molar-refractivity contribution in [2.45, 2.75) is 26.0 Å². The molecule has 3 N–H and O–H groups in total. The number of aliphatic hydroxyl groups excluding tert-OH is 1. The van der Waals surface area contributed by atoms with E-state index in [0.29, 0.717) is 23.5 Å². The number of aromatic nitrogens is 1. The van der Waals surface area contributed by atoms with E-state index in [1.807, 2.05) is 42.6 Å². The number of fused-ring (bicyclic) bond motifs is 1. The number of carbonyl (C=O) groups excluding carboxylic acids is 3. The van der Waals surface area contributed by atoms with E-state index in [9.17, 15) is 19.5 Å². The Hall–Kier alpha value is -4.74. The summed E-state index contributed by atoms with van der Waals surface area (Å²) < 4.78 is 6.54. The second-order valence-electron chi connectivity index (χ2n) is 10.9. The lowest BCUT2D eigenvalue weighted by molar-refractivity contribution is 0.0372. The number of hydrogen-bond acceptors (Lipinski definition) is 7. The summed E-state index contributed by atoms with van der Waals surface area (Å²) in [5.74, 6) is -0.693. The summed E-state index contributed by atoms with van der Waals surface area (Å²) >= 11 is 1.51. The van der Waals surface area contributed by atoms with Gasteiger partial charge in [0.05, 0.1) is 30.4 Å². The molecule has 0 radical (unpaired) electrons. The number of aliphatic hydroxyl groups is 1. The highest BCUT2D eigenvalue weighted by Crippen LogP contribution is 2.35. The van der Waals surface area contributed by atoms with Gasteiger partial charge in [-0.15, -0.1) is 11.3 Å². The number of anilines is 2. The second kappa shape index (κ2) is 13.7. The smallest absolute Gasteiger partial charge is 0.321 e. The molecule has 0 bridgehead atoms. The van der Waals surface area contributed by atoms with Crippen LogP contribution in [0.1, 0.15) is 34.6 Å². The highest BCUT2D eigenvalue weighted by molar-refractivity contribution is 7.13. The third-order valence-corrected chi connectivity index (χ3v) is 8.41. The number of para-hydroxylation sites is 2. The van der Waals surface area contributed by atoms with Crippen molar-refractivity contribution in [3.63, 3.8) is 0 Å². The summed E-state index contributed by atoms with van der Waals surface area (Å²) in [6.07, 6.45) is 1.19. The standard InChI is InChI=1S/C33H35N5O5S/c1-21-18-38(22(2)20-39)32(41)26-10-7-11-27(36-30(40)23-12-14-24(15-13-23)31-34-16-17-44-31)29(26)43-28(21)19-37(3)33(42)35-25-8-5-4-6-9-25/h4-17,21-22,28,39H,18-20H2,1-3H3,(H,35,42)(H,36,40)/t21-,22+,28-/m0/s1. The first-order valence-corrected chi connectivity index (χ1v) is 15.2. The van der Waals surface area contributed by atoms with Crippen LogP contribution in [0.2, 0.25) is 0 Å². The molecular weight excluding hydrogens is 578 g/mol. The van der Waals surface area contributed by atoms with Crippen LogP contribution in [0.25, 0.3) is 10.6 Å². The molecule has 1 aliphatic heterocycles. The fraction of sp³-hybridized carbons (Fsp3) is 0.273. The minimum atomic E-state index is -0.544. The Morgan fingerprint density at radius 1 is 1.09 bits per heavy atom. The summed E-state index contributed by atoms with van der Waals surface area (Å²) in [6.45, 7) is 4.01. The number of nitrogens with zero attached hydrogens (tertiary/aromatic N) is 3. The summed E-state index contributed by atoms with van der Waals surface area (Å²) in [7, 11) is 1.68. The molecule has 3 aromatic carbocycles. The van der Waals surface area contributed by atoms with E-state index in [1.54, 1.807) is 67.5 Å². The van der Waals surface area contributed by atoms with E-state index in [1.165, 1.54) is 16.2 Å². The van der Waals surface area contributed by atoms with E-state index in [4.69, 9.17) is 4.74 Å². The predicted octanol–water partition coefficient (Wildman–Crippen LogP) is 5.45. The molecule has 1 aliphatic rings. The number of rotatable bonds is 8. The van der Waals surface area contributed by atoms with E-state index in [2.05, 4.69) is 15.6 Å². The van der Waals surface area contributed by atoms with Gasteiger partial charge in [-0.3, -0.25) is 9.59 Å². The molecule has 0 aliphatic carbocycles. The lowest BCUT2D eigenvalue weighted by Crippen LogP contribution is -2.50. The third kappa shape index (κ3) is 6.90. The van der Waals surface area contributed by atoms with Crippen molar-refractivity contribution >= 4 is 40.6 Å². The average Bonchev–Trinajstić information content (AvgIpc) is 3.58. The number of carbonyl (C=O) groups is 3. The van der Waals surface area contributed by atoms with Crippen LogP contribution in [0.15, 0.2) is 84.4 Å². The SMILES string of the molecule is C[C@H](CO)N1C[C@H](C)[C@H](CN(C)C(=O)Nc2ccccc2)Oc2c(NC(=O)c3ccc(-c4nccs4)cc3)cccc2C1=O. The Kier molecular flexibility index (Phi) is 9.56. The lowest BCUT2D eigenvalue weighted by atomic mass is 9.99. The Balaban J connectivity index is 1.42. The maximum atomic E-state index is 13.8. The van der Waals surface area contributed by atoms with Gasteiger partial charge in [0, 0.05) is 47.9 Å². The lowest BCUT2D eigenvalue weighted by Gasteiger charge is -2.38. The Morgan fingerprint density at radius 2 is 1.84 bits per heavy atom. The van der Waals surface area contributed by atoms with Crippen molar-refractivity contribution in [1.29, 1.82) is 0 Å². The molecule has 1 aromatic heterocycles. The van der Waals surface area contributed by atoms with Crippen molar-refractivity contribution in [3.05, 3.63) is 95.5 Å². The molecule has 0 saturated heterocycles. The molecule has 10 nitrogen and oxygen atoms in total. The van der Waals surface area contributed by atoms with Crippen LogP contribution in [-0.2, 0) is 0 Å². The van der Waals surface area contributed by atoms with E-state index < -0.39 is 12.1 Å². The molecular formula is C33H35N5O5S. The number of nitrogens with one attached hydrogen (secondary N) is 2. The molecule has 2 heterocycles. The van der Waals surface area contributed by atoms with Crippen molar-refractivity contribution in [2.24, 2.45) is 5.92 Å². The van der Waals surface area contributed by atoms with Crippen molar-refractivity contribution in [3.8, 4) is 16.3 Å². The van der Waals surface area contributed by atoms with Gasteiger partial charge in [0.15, 0.2) is 5.75 Å². The first kappa shape index (κ1) is 30.7. The first-order valence-electron chi connectivity index (χ1n) is 14.3. The summed E-state index contributed by atoms with van der Waals surface area (Å²) in [6, 6.07) is 20.5. The number of hydrogen-bond donors (Lipinski definition) is 3. The van der Waals surface area contributed by atoms with Crippen molar-refractivity contribution in [1.82, 2.24) is 14.8 Å². The predicted molar refractivity (Wildman–Crippen MR) is 171 cm³/mol. The van der Waals surface area contributed by atoms with Crippen LogP contribution in [0.3, 0.4) is 0 Å². The molecule has 0 spiro atoms. The van der Waals surface area contributed by atoms with Gasteiger partial charge in [0.25, 0.3) is 11.8 Å². The molecule has 0 saturated carbocycles. The number of urea groups is 1. The zero-order chi connectivity index (χ0) is 31.2. The van der Waals surface area contributed by atoms with Gasteiger partial charge < -0.3 is 30.3 Å². The Labute approximate surface area is 260 Å². The number of likely N-dealkylation sites (N-methyl/N-ethyl adjacent to an activating group) is 1. The zero-order valence-electron chi connectivity index (χ0n) is 24.8. The van der Waals surface area contributed by atoms with Gasteiger partial charge in [0.2, 0.25) is 0 Å². The number of benzene rings is 3.